The lowest BCUT2D eigenvalue weighted by Crippen LogP contribution is -2.14. The number of aromatic nitrogens is 2. The molecule has 1 unspecified atom stereocenters. The molecule has 0 aliphatic carbocycles. The Kier molecular flexibility index (Phi) is 4.98. The maximum Gasteiger partial charge on any atom is 0.251 e. The Morgan fingerprint density at radius 3 is 2.60 bits per heavy atom. The van der Waals surface area contributed by atoms with E-state index in [-0.39, 0.29) is 5.56 Å². The molecule has 2 rings (SSSR count). The molecule has 20 heavy (non-hydrogen) atoms. The zero-order valence-electron chi connectivity index (χ0n) is 11.9. The molecule has 1 heterocycles. The minimum absolute atomic E-state index is 0.113. The van der Waals surface area contributed by atoms with Gasteiger partial charge < -0.3 is 10.3 Å². The van der Waals surface area contributed by atoms with Crippen LogP contribution < -0.4 is 10.9 Å². The van der Waals surface area contributed by atoms with E-state index in [0.717, 1.165) is 17.0 Å². The predicted octanol–water partition coefficient (Wildman–Crippen LogP) is 2.90. The summed E-state index contributed by atoms with van der Waals surface area (Å²) in [4.78, 5) is 19.5. The van der Waals surface area contributed by atoms with Gasteiger partial charge in [0.15, 0.2) is 5.16 Å². The van der Waals surface area contributed by atoms with Crippen LogP contribution in [0.1, 0.15) is 30.6 Å². The molecule has 0 spiro atoms. The number of aromatic amines is 1. The summed E-state index contributed by atoms with van der Waals surface area (Å²) in [5.41, 5.74) is 1.89. The first-order valence-corrected chi connectivity index (χ1v) is 7.47. The van der Waals surface area contributed by atoms with Crippen molar-refractivity contribution in [3.8, 4) is 0 Å². The second kappa shape index (κ2) is 6.72. The maximum absolute atomic E-state index is 11.4. The molecule has 1 aromatic heterocycles. The Labute approximate surface area is 123 Å². The van der Waals surface area contributed by atoms with Gasteiger partial charge in [-0.2, -0.15) is 0 Å². The van der Waals surface area contributed by atoms with E-state index in [4.69, 9.17) is 0 Å². The highest BCUT2D eigenvalue weighted by Crippen LogP contribution is 2.26. The number of rotatable bonds is 5. The molecule has 0 radical (unpaired) electrons. The highest BCUT2D eigenvalue weighted by atomic mass is 32.2. The first-order chi connectivity index (χ1) is 9.62. The zero-order chi connectivity index (χ0) is 14.5. The van der Waals surface area contributed by atoms with Crippen LogP contribution in [0.15, 0.2) is 45.2 Å². The smallest absolute Gasteiger partial charge is 0.251 e. The summed E-state index contributed by atoms with van der Waals surface area (Å²) in [6, 6.07) is 10.2. The third kappa shape index (κ3) is 3.71. The first-order valence-electron chi connectivity index (χ1n) is 6.65. The topological polar surface area (TPSA) is 57.8 Å². The Balaban J connectivity index is 2.16. The molecule has 0 saturated carbocycles. The zero-order valence-corrected chi connectivity index (χ0v) is 12.8. The summed E-state index contributed by atoms with van der Waals surface area (Å²) in [5.74, 6) is 0. The Bertz CT molecular complexity index is 618. The number of hydrogen-bond acceptors (Lipinski definition) is 4. The molecule has 1 aromatic carbocycles. The maximum atomic E-state index is 11.4. The highest BCUT2D eigenvalue weighted by molar-refractivity contribution is 7.99. The number of nitrogens with zero attached hydrogens (tertiary/aromatic N) is 1. The molecule has 0 fully saturated rings. The molecule has 5 heteroatoms. The Hall–Kier alpha value is -1.59. The van der Waals surface area contributed by atoms with Crippen molar-refractivity contribution in [1.29, 1.82) is 0 Å². The van der Waals surface area contributed by atoms with Gasteiger partial charge in [0, 0.05) is 22.7 Å². The second-order valence-electron chi connectivity index (χ2n) is 4.61. The van der Waals surface area contributed by atoms with Crippen molar-refractivity contribution in [3.63, 3.8) is 0 Å². The highest BCUT2D eigenvalue weighted by Gasteiger charge is 2.07. The van der Waals surface area contributed by atoms with Crippen molar-refractivity contribution in [2.75, 3.05) is 7.05 Å². The van der Waals surface area contributed by atoms with Gasteiger partial charge in [-0.1, -0.05) is 30.8 Å². The summed E-state index contributed by atoms with van der Waals surface area (Å²) >= 11 is 1.46. The first kappa shape index (κ1) is 14.8. The predicted molar refractivity (Wildman–Crippen MR) is 82.3 cm³/mol. The molecular weight excluding hydrogens is 270 g/mol. The van der Waals surface area contributed by atoms with Crippen LogP contribution in [-0.4, -0.2) is 17.0 Å². The SMILES string of the molecule is CCC(NC)c1ccc(Sc2nc(C)cc(=O)[nH]2)cc1. The Morgan fingerprint density at radius 2 is 2.05 bits per heavy atom. The molecule has 2 aromatic rings. The van der Waals surface area contributed by atoms with E-state index in [1.807, 2.05) is 14.0 Å². The summed E-state index contributed by atoms with van der Waals surface area (Å²) < 4.78 is 0. The van der Waals surface area contributed by atoms with Crippen molar-refractivity contribution in [1.82, 2.24) is 15.3 Å². The number of benzene rings is 1. The summed E-state index contributed by atoms with van der Waals surface area (Å²) in [5, 5.41) is 3.91. The lowest BCUT2D eigenvalue weighted by Gasteiger charge is -2.14. The summed E-state index contributed by atoms with van der Waals surface area (Å²) in [7, 11) is 1.97. The number of H-pyrrole nitrogens is 1. The van der Waals surface area contributed by atoms with Crippen molar-refractivity contribution in [2.24, 2.45) is 0 Å². The van der Waals surface area contributed by atoms with E-state index in [9.17, 15) is 4.79 Å². The van der Waals surface area contributed by atoms with Gasteiger partial charge in [0.05, 0.1) is 0 Å². The van der Waals surface area contributed by atoms with Crippen LogP contribution in [0.3, 0.4) is 0 Å². The lowest BCUT2D eigenvalue weighted by molar-refractivity contribution is 0.576. The van der Waals surface area contributed by atoms with Crippen LogP contribution in [-0.2, 0) is 0 Å². The quantitative estimate of drug-likeness (QED) is 0.831. The minimum atomic E-state index is -0.113. The average Bonchev–Trinajstić information content (AvgIpc) is 2.41. The van der Waals surface area contributed by atoms with Gasteiger partial charge in [0.2, 0.25) is 0 Å². The van der Waals surface area contributed by atoms with Gasteiger partial charge in [-0.3, -0.25) is 4.79 Å². The van der Waals surface area contributed by atoms with Crippen molar-refractivity contribution >= 4 is 11.8 Å². The molecule has 4 nitrogen and oxygen atoms in total. The molecule has 2 N–H and O–H groups in total. The fraction of sp³-hybridized carbons (Fsp3) is 0.333. The van der Waals surface area contributed by atoms with Gasteiger partial charge in [-0.25, -0.2) is 4.98 Å². The molecule has 0 aliphatic heterocycles. The standard InChI is InChI=1S/C15H19N3OS/c1-4-13(16-3)11-5-7-12(8-6-11)20-15-17-10(2)9-14(19)18-15/h5-9,13,16H,4H2,1-3H3,(H,17,18,19). The monoisotopic (exact) mass is 289 g/mol. The minimum Gasteiger partial charge on any atom is -0.313 e. The second-order valence-corrected chi connectivity index (χ2v) is 5.67. The van der Waals surface area contributed by atoms with Crippen molar-refractivity contribution in [2.45, 2.75) is 36.4 Å². The molecule has 106 valence electrons. The molecule has 0 amide bonds. The van der Waals surface area contributed by atoms with Crippen LogP contribution in [0, 0.1) is 6.92 Å². The lowest BCUT2D eigenvalue weighted by atomic mass is 10.1. The molecule has 1 atom stereocenters. The van der Waals surface area contributed by atoms with Crippen LogP contribution in [0.25, 0.3) is 0 Å². The van der Waals surface area contributed by atoms with Gasteiger partial charge in [-0.15, -0.1) is 0 Å². The van der Waals surface area contributed by atoms with Crippen LogP contribution in [0.5, 0.6) is 0 Å². The van der Waals surface area contributed by atoms with Gasteiger partial charge in [0.25, 0.3) is 5.56 Å². The van der Waals surface area contributed by atoms with Crippen LogP contribution in [0.2, 0.25) is 0 Å². The van der Waals surface area contributed by atoms with Crippen molar-refractivity contribution < 1.29 is 0 Å². The number of nitrogens with one attached hydrogen (secondary N) is 2. The van der Waals surface area contributed by atoms with Gasteiger partial charge in [-0.05, 0) is 38.1 Å². The molecule has 0 saturated heterocycles. The Morgan fingerprint density at radius 1 is 1.35 bits per heavy atom. The van der Waals surface area contributed by atoms with E-state index in [0.29, 0.717) is 11.2 Å². The summed E-state index contributed by atoms with van der Waals surface area (Å²) in [6.45, 7) is 3.98. The molecule has 0 bridgehead atoms. The third-order valence-corrected chi connectivity index (χ3v) is 4.00. The van der Waals surface area contributed by atoms with Crippen LogP contribution in [0.4, 0.5) is 0 Å². The van der Waals surface area contributed by atoms with Gasteiger partial charge in [0.1, 0.15) is 0 Å². The number of aryl methyl sites for hydroxylation is 1. The molecule has 0 aliphatic rings. The number of hydrogen-bond donors (Lipinski definition) is 2. The normalized spacial score (nSPS) is 12.3. The van der Waals surface area contributed by atoms with Gasteiger partial charge >= 0.3 is 0 Å². The van der Waals surface area contributed by atoms with Crippen LogP contribution >= 0.6 is 11.8 Å². The fourth-order valence-corrected chi connectivity index (χ4v) is 2.92. The van der Waals surface area contributed by atoms with E-state index in [1.54, 1.807) is 0 Å². The third-order valence-electron chi connectivity index (χ3n) is 3.10. The largest absolute Gasteiger partial charge is 0.313 e. The average molecular weight is 289 g/mol. The van der Waals surface area contributed by atoms with E-state index in [1.165, 1.54) is 23.4 Å². The van der Waals surface area contributed by atoms with Crippen molar-refractivity contribution in [3.05, 3.63) is 51.9 Å². The van der Waals surface area contributed by atoms with E-state index >= 15 is 0 Å². The summed E-state index contributed by atoms with van der Waals surface area (Å²) in [6.07, 6.45) is 1.05. The van der Waals surface area contributed by atoms with E-state index < -0.39 is 0 Å². The molecular formula is C15H19N3OS. The fourth-order valence-electron chi connectivity index (χ4n) is 2.09. The van der Waals surface area contributed by atoms with E-state index in [2.05, 4.69) is 46.5 Å².